The van der Waals surface area contributed by atoms with Crippen molar-refractivity contribution in [2.75, 3.05) is 19.6 Å². The zero-order chi connectivity index (χ0) is 20.8. The van der Waals surface area contributed by atoms with Crippen LogP contribution in [0.15, 0.2) is 48.5 Å². The molecule has 1 N–H and O–H groups in total. The van der Waals surface area contributed by atoms with Crippen molar-refractivity contribution in [2.24, 2.45) is 0 Å². The average Bonchev–Trinajstić information content (AvgIpc) is 3.10. The Morgan fingerprint density at radius 2 is 1.83 bits per heavy atom. The van der Waals surface area contributed by atoms with Crippen LogP contribution in [-0.4, -0.2) is 42.5 Å². The number of hydrogen-bond donors (Lipinski definition) is 1. The number of ether oxygens (including phenoxy) is 2. The minimum Gasteiger partial charge on any atom is -0.489 e. The van der Waals surface area contributed by atoms with Crippen molar-refractivity contribution in [2.45, 2.75) is 44.8 Å². The SMILES string of the molecule is O=C1CCC(=O)N1CCCNCC1CCc2ccc(OCc3ccccc3)cc2O1. The molecule has 2 aromatic carbocycles. The van der Waals surface area contributed by atoms with Crippen LogP contribution in [0.2, 0.25) is 0 Å². The van der Waals surface area contributed by atoms with Gasteiger partial charge in [0, 0.05) is 32.0 Å². The fourth-order valence-electron chi connectivity index (χ4n) is 3.88. The molecule has 2 amide bonds. The molecule has 1 atom stereocenters. The first-order chi connectivity index (χ1) is 14.7. The molecule has 2 aliphatic rings. The van der Waals surface area contributed by atoms with Gasteiger partial charge in [-0.3, -0.25) is 14.5 Å². The third-order valence-electron chi connectivity index (χ3n) is 5.58. The summed E-state index contributed by atoms with van der Waals surface area (Å²) in [6.07, 6.45) is 3.54. The molecule has 1 unspecified atom stereocenters. The number of imide groups is 1. The maximum absolute atomic E-state index is 11.6. The number of nitrogens with one attached hydrogen (secondary N) is 1. The Bertz CT molecular complexity index is 868. The van der Waals surface area contributed by atoms with Crippen molar-refractivity contribution in [3.05, 3.63) is 59.7 Å². The lowest BCUT2D eigenvalue weighted by Crippen LogP contribution is -2.36. The van der Waals surface area contributed by atoms with Gasteiger partial charge in [0.15, 0.2) is 0 Å². The zero-order valence-electron chi connectivity index (χ0n) is 17.1. The van der Waals surface area contributed by atoms with Crippen LogP contribution in [0, 0.1) is 0 Å². The molecule has 2 aliphatic heterocycles. The average molecular weight is 408 g/mol. The maximum atomic E-state index is 11.6. The summed E-state index contributed by atoms with van der Waals surface area (Å²) in [6, 6.07) is 16.2. The molecule has 0 bridgehead atoms. The molecule has 4 rings (SSSR count). The maximum Gasteiger partial charge on any atom is 0.229 e. The van der Waals surface area contributed by atoms with Gasteiger partial charge in [-0.15, -0.1) is 0 Å². The van der Waals surface area contributed by atoms with Gasteiger partial charge in [0.1, 0.15) is 24.2 Å². The smallest absolute Gasteiger partial charge is 0.229 e. The van der Waals surface area contributed by atoms with Gasteiger partial charge in [-0.2, -0.15) is 0 Å². The molecule has 0 aliphatic carbocycles. The predicted octanol–water partition coefficient (Wildman–Crippen LogP) is 3.09. The Morgan fingerprint density at radius 1 is 1.03 bits per heavy atom. The number of aryl methyl sites for hydroxylation is 1. The van der Waals surface area contributed by atoms with Crippen LogP contribution in [0.3, 0.4) is 0 Å². The van der Waals surface area contributed by atoms with E-state index in [1.165, 1.54) is 10.5 Å². The number of carbonyl (C=O) groups is 2. The number of likely N-dealkylation sites (tertiary alicyclic amines) is 1. The zero-order valence-corrected chi connectivity index (χ0v) is 17.1. The summed E-state index contributed by atoms with van der Waals surface area (Å²) in [5.41, 5.74) is 2.35. The van der Waals surface area contributed by atoms with Gasteiger partial charge in [-0.25, -0.2) is 0 Å². The van der Waals surface area contributed by atoms with E-state index >= 15 is 0 Å². The van der Waals surface area contributed by atoms with Crippen molar-refractivity contribution in [1.29, 1.82) is 0 Å². The lowest BCUT2D eigenvalue weighted by atomic mass is 10.0. The van der Waals surface area contributed by atoms with Crippen molar-refractivity contribution < 1.29 is 19.1 Å². The summed E-state index contributed by atoms with van der Waals surface area (Å²) in [5.74, 6) is 1.62. The minimum atomic E-state index is -0.0440. The van der Waals surface area contributed by atoms with Crippen LogP contribution >= 0.6 is 0 Å². The Kier molecular flexibility index (Phi) is 6.64. The molecule has 0 saturated carbocycles. The molecule has 158 valence electrons. The molecule has 0 spiro atoms. The van der Waals surface area contributed by atoms with Gasteiger partial charge in [-0.1, -0.05) is 36.4 Å². The highest BCUT2D eigenvalue weighted by molar-refractivity contribution is 6.01. The summed E-state index contributed by atoms with van der Waals surface area (Å²) < 4.78 is 12.1. The minimum absolute atomic E-state index is 0.0440. The summed E-state index contributed by atoms with van der Waals surface area (Å²) in [5, 5.41) is 3.40. The largest absolute Gasteiger partial charge is 0.489 e. The van der Waals surface area contributed by atoms with Crippen LogP contribution in [0.5, 0.6) is 11.5 Å². The number of benzene rings is 2. The second-order valence-electron chi connectivity index (χ2n) is 7.82. The van der Waals surface area contributed by atoms with E-state index in [4.69, 9.17) is 9.47 Å². The molecular weight excluding hydrogens is 380 g/mol. The monoisotopic (exact) mass is 408 g/mol. The van der Waals surface area contributed by atoms with E-state index in [1.54, 1.807) is 0 Å². The second kappa shape index (κ2) is 9.76. The fraction of sp³-hybridized carbons (Fsp3) is 0.417. The second-order valence-corrected chi connectivity index (χ2v) is 7.82. The summed E-state index contributed by atoms with van der Waals surface area (Å²) in [4.78, 5) is 24.6. The highest BCUT2D eigenvalue weighted by atomic mass is 16.5. The molecular formula is C24H28N2O4. The summed E-state index contributed by atoms with van der Waals surface area (Å²) in [6.45, 7) is 2.54. The topological polar surface area (TPSA) is 67.9 Å². The first-order valence-corrected chi connectivity index (χ1v) is 10.7. The number of carbonyl (C=O) groups excluding carboxylic acids is 2. The Labute approximate surface area is 177 Å². The fourth-order valence-corrected chi connectivity index (χ4v) is 3.88. The van der Waals surface area contributed by atoms with E-state index in [-0.39, 0.29) is 17.9 Å². The Hall–Kier alpha value is -2.86. The molecule has 2 heterocycles. The van der Waals surface area contributed by atoms with Crippen molar-refractivity contribution in [3.63, 3.8) is 0 Å². The predicted molar refractivity (Wildman–Crippen MR) is 113 cm³/mol. The third-order valence-corrected chi connectivity index (χ3v) is 5.58. The highest BCUT2D eigenvalue weighted by Gasteiger charge is 2.28. The van der Waals surface area contributed by atoms with E-state index in [0.717, 1.165) is 49.4 Å². The van der Waals surface area contributed by atoms with Crippen LogP contribution in [0.4, 0.5) is 0 Å². The molecule has 1 saturated heterocycles. The first kappa shape index (κ1) is 20.4. The number of fused-ring (bicyclic) bond motifs is 1. The first-order valence-electron chi connectivity index (χ1n) is 10.7. The lowest BCUT2D eigenvalue weighted by molar-refractivity contribution is -0.138. The molecule has 0 aromatic heterocycles. The molecule has 0 radical (unpaired) electrons. The normalized spacial score (nSPS) is 18.3. The number of amides is 2. The quantitative estimate of drug-likeness (QED) is 0.510. The molecule has 6 heteroatoms. The lowest BCUT2D eigenvalue weighted by Gasteiger charge is -2.27. The van der Waals surface area contributed by atoms with Crippen molar-refractivity contribution >= 4 is 11.8 Å². The van der Waals surface area contributed by atoms with E-state index in [9.17, 15) is 9.59 Å². The molecule has 1 fully saturated rings. The van der Waals surface area contributed by atoms with E-state index < -0.39 is 0 Å². The van der Waals surface area contributed by atoms with E-state index in [1.807, 2.05) is 42.5 Å². The van der Waals surface area contributed by atoms with Crippen LogP contribution in [0.1, 0.15) is 36.8 Å². The van der Waals surface area contributed by atoms with Crippen LogP contribution < -0.4 is 14.8 Å². The van der Waals surface area contributed by atoms with Crippen molar-refractivity contribution in [3.8, 4) is 11.5 Å². The number of hydrogen-bond acceptors (Lipinski definition) is 5. The summed E-state index contributed by atoms with van der Waals surface area (Å²) >= 11 is 0. The standard InChI is InChI=1S/C24H28N2O4/c27-23-11-12-24(28)26(23)14-4-13-25-16-21-10-8-19-7-9-20(15-22(19)30-21)29-17-18-5-2-1-3-6-18/h1-3,5-7,9,15,21,25H,4,8,10-14,16-17H2. The third kappa shape index (κ3) is 5.19. The van der Waals surface area contributed by atoms with Crippen molar-refractivity contribution in [1.82, 2.24) is 10.2 Å². The van der Waals surface area contributed by atoms with Gasteiger partial charge in [-0.05, 0) is 43.0 Å². The number of nitrogens with zero attached hydrogens (tertiary/aromatic N) is 1. The molecule has 2 aromatic rings. The van der Waals surface area contributed by atoms with E-state index in [0.29, 0.717) is 26.0 Å². The van der Waals surface area contributed by atoms with Gasteiger partial charge >= 0.3 is 0 Å². The molecule has 6 nitrogen and oxygen atoms in total. The Balaban J connectivity index is 1.21. The summed E-state index contributed by atoms with van der Waals surface area (Å²) in [7, 11) is 0. The Morgan fingerprint density at radius 3 is 2.63 bits per heavy atom. The van der Waals surface area contributed by atoms with Gasteiger partial charge in [0.05, 0.1) is 0 Å². The van der Waals surface area contributed by atoms with Gasteiger partial charge in [0.2, 0.25) is 11.8 Å². The highest BCUT2D eigenvalue weighted by Crippen LogP contribution is 2.31. The van der Waals surface area contributed by atoms with Crippen LogP contribution in [-0.2, 0) is 22.6 Å². The van der Waals surface area contributed by atoms with Crippen LogP contribution in [0.25, 0.3) is 0 Å². The number of rotatable bonds is 9. The molecule has 30 heavy (non-hydrogen) atoms. The van der Waals surface area contributed by atoms with Gasteiger partial charge < -0.3 is 14.8 Å². The van der Waals surface area contributed by atoms with Gasteiger partial charge in [0.25, 0.3) is 0 Å². The van der Waals surface area contributed by atoms with E-state index in [2.05, 4.69) is 11.4 Å².